The van der Waals surface area contributed by atoms with Gasteiger partial charge in [0.1, 0.15) is 5.75 Å². The van der Waals surface area contributed by atoms with Crippen LogP contribution in [0.5, 0.6) is 5.75 Å². The number of aryl methyl sites for hydroxylation is 1. The van der Waals surface area contributed by atoms with Crippen LogP contribution >= 0.6 is 0 Å². The van der Waals surface area contributed by atoms with Crippen molar-refractivity contribution >= 4 is 0 Å². The second-order valence-corrected chi connectivity index (χ2v) is 5.28. The Labute approximate surface area is 106 Å². The monoisotopic (exact) mass is 240 g/mol. The normalized spacial score (nSPS) is 24.7. The third kappa shape index (κ3) is 1.40. The number of aromatic amines is 1. The van der Waals surface area contributed by atoms with Gasteiger partial charge < -0.3 is 9.72 Å². The van der Waals surface area contributed by atoms with E-state index in [-0.39, 0.29) is 0 Å². The first-order valence-corrected chi connectivity index (χ1v) is 6.59. The first kappa shape index (κ1) is 10.2. The second kappa shape index (κ2) is 3.61. The number of benzene rings is 1. The smallest absolute Gasteiger partial charge is 0.122 e. The van der Waals surface area contributed by atoms with Crippen LogP contribution in [-0.2, 0) is 6.42 Å². The number of hydrogen-bond donors (Lipinski definition) is 1. The largest absolute Gasteiger partial charge is 0.493 e. The quantitative estimate of drug-likeness (QED) is 0.876. The third-order valence-electron chi connectivity index (χ3n) is 4.19. The Morgan fingerprint density at radius 1 is 1.33 bits per heavy atom. The van der Waals surface area contributed by atoms with Crippen LogP contribution in [0.15, 0.2) is 24.5 Å². The van der Waals surface area contributed by atoms with E-state index in [9.17, 15) is 0 Å². The fourth-order valence-corrected chi connectivity index (χ4v) is 3.18. The summed E-state index contributed by atoms with van der Waals surface area (Å²) < 4.78 is 5.64. The first-order valence-electron chi connectivity index (χ1n) is 6.59. The molecule has 2 atom stereocenters. The lowest BCUT2D eigenvalue weighted by Gasteiger charge is -2.06. The van der Waals surface area contributed by atoms with Gasteiger partial charge in [0.15, 0.2) is 0 Å². The lowest BCUT2D eigenvalue weighted by atomic mass is 9.99. The molecule has 1 aliphatic heterocycles. The SMILES string of the molecule is Cc1[nH]cnc1C1CC1c1cccc2c1CCO2. The molecule has 2 aromatic rings. The minimum Gasteiger partial charge on any atom is -0.493 e. The predicted octanol–water partition coefficient (Wildman–Crippen LogP) is 2.92. The molecule has 1 aromatic heterocycles. The summed E-state index contributed by atoms with van der Waals surface area (Å²) in [6.45, 7) is 2.95. The van der Waals surface area contributed by atoms with E-state index >= 15 is 0 Å². The van der Waals surface area contributed by atoms with Crippen LogP contribution < -0.4 is 4.74 Å². The fraction of sp³-hybridized carbons (Fsp3) is 0.400. The standard InChI is InChI=1S/C15H16N2O/c1-9-15(17-8-16-9)13-7-12(13)10-3-2-4-14-11(10)5-6-18-14/h2-4,8,12-13H,5-7H2,1H3,(H,16,17). The van der Waals surface area contributed by atoms with E-state index in [1.54, 1.807) is 6.33 Å². The Balaban J connectivity index is 1.68. The molecule has 2 aliphatic rings. The van der Waals surface area contributed by atoms with Gasteiger partial charge in [-0.3, -0.25) is 0 Å². The summed E-state index contributed by atoms with van der Waals surface area (Å²) in [5.74, 6) is 2.34. The average molecular weight is 240 g/mol. The van der Waals surface area contributed by atoms with Gasteiger partial charge in [0.2, 0.25) is 0 Å². The summed E-state index contributed by atoms with van der Waals surface area (Å²) in [6, 6.07) is 6.47. The summed E-state index contributed by atoms with van der Waals surface area (Å²) >= 11 is 0. The van der Waals surface area contributed by atoms with Crippen molar-refractivity contribution in [3.05, 3.63) is 47.0 Å². The van der Waals surface area contributed by atoms with Gasteiger partial charge in [0, 0.05) is 23.6 Å². The van der Waals surface area contributed by atoms with E-state index in [1.807, 2.05) is 0 Å². The average Bonchev–Trinajstić information content (AvgIpc) is 2.82. The van der Waals surface area contributed by atoms with E-state index in [0.29, 0.717) is 11.8 Å². The van der Waals surface area contributed by atoms with E-state index in [4.69, 9.17) is 4.74 Å². The van der Waals surface area contributed by atoms with Crippen molar-refractivity contribution in [2.45, 2.75) is 31.6 Å². The van der Waals surface area contributed by atoms with Crippen molar-refractivity contribution in [3.63, 3.8) is 0 Å². The molecule has 0 spiro atoms. The molecule has 0 radical (unpaired) electrons. The van der Waals surface area contributed by atoms with E-state index in [0.717, 1.165) is 18.8 Å². The van der Waals surface area contributed by atoms with Gasteiger partial charge in [-0.1, -0.05) is 12.1 Å². The molecule has 18 heavy (non-hydrogen) atoms. The summed E-state index contributed by atoms with van der Waals surface area (Å²) in [5, 5.41) is 0. The molecule has 3 heteroatoms. The molecular weight excluding hydrogens is 224 g/mol. The molecular formula is C15H16N2O. The molecule has 1 saturated carbocycles. The molecule has 1 aromatic carbocycles. The topological polar surface area (TPSA) is 37.9 Å². The zero-order valence-corrected chi connectivity index (χ0v) is 10.4. The fourth-order valence-electron chi connectivity index (χ4n) is 3.18. The molecule has 2 unspecified atom stereocenters. The Morgan fingerprint density at radius 2 is 2.28 bits per heavy atom. The van der Waals surface area contributed by atoms with E-state index in [1.165, 1.54) is 28.9 Å². The lowest BCUT2D eigenvalue weighted by molar-refractivity contribution is 0.357. The van der Waals surface area contributed by atoms with E-state index in [2.05, 4.69) is 35.1 Å². The van der Waals surface area contributed by atoms with Crippen LogP contribution in [0.4, 0.5) is 0 Å². The maximum absolute atomic E-state index is 5.64. The Morgan fingerprint density at radius 3 is 3.11 bits per heavy atom. The van der Waals surface area contributed by atoms with Crippen molar-refractivity contribution in [1.29, 1.82) is 0 Å². The second-order valence-electron chi connectivity index (χ2n) is 5.28. The number of nitrogens with zero attached hydrogens (tertiary/aromatic N) is 1. The Kier molecular flexibility index (Phi) is 2.04. The van der Waals surface area contributed by atoms with Gasteiger partial charge in [0.25, 0.3) is 0 Å². The maximum atomic E-state index is 5.64. The highest BCUT2D eigenvalue weighted by Gasteiger charge is 2.43. The molecule has 0 saturated heterocycles. The molecule has 92 valence electrons. The number of hydrogen-bond acceptors (Lipinski definition) is 2. The number of rotatable bonds is 2. The van der Waals surface area contributed by atoms with Crippen LogP contribution in [-0.4, -0.2) is 16.6 Å². The minimum absolute atomic E-state index is 0.600. The number of H-pyrrole nitrogens is 1. The zero-order valence-electron chi connectivity index (χ0n) is 10.4. The Bertz CT molecular complexity index is 602. The van der Waals surface area contributed by atoms with Crippen molar-refractivity contribution in [2.24, 2.45) is 0 Å². The molecule has 3 nitrogen and oxygen atoms in total. The number of aromatic nitrogens is 2. The molecule has 0 bridgehead atoms. The van der Waals surface area contributed by atoms with Gasteiger partial charge in [-0.25, -0.2) is 4.98 Å². The van der Waals surface area contributed by atoms with Crippen LogP contribution in [0.1, 0.15) is 40.8 Å². The number of imidazole rings is 1. The molecule has 1 aliphatic carbocycles. The lowest BCUT2D eigenvalue weighted by Crippen LogP contribution is -1.92. The maximum Gasteiger partial charge on any atom is 0.122 e. The van der Waals surface area contributed by atoms with Crippen molar-refractivity contribution in [2.75, 3.05) is 6.61 Å². The van der Waals surface area contributed by atoms with Crippen LogP contribution in [0.3, 0.4) is 0 Å². The van der Waals surface area contributed by atoms with Gasteiger partial charge in [-0.2, -0.15) is 0 Å². The van der Waals surface area contributed by atoms with Gasteiger partial charge in [0.05, 0.1) is 18.6 Å². The molecule has 0 amide bonds. The summed E-state index contributed by atoms with van der Waals surface area (Å²) in [5.41, 5.74) is 5.37. The Hall–Kier alpha value is -1.77. The van der Waals surface area contributed by atoms with Crippen molar-refractivity contribution in [1.82, 2.24) is 9.97 Å². The molecule has 1 fully saturated rings. The van der Waals surface area contributed by atoms with E-state index < -0.39 is 0 Å². The number of nitrogens with one attached hydrogen (secondary N) is 1. The highest BCUT2D eigenvalue weighted by Crippen LogP contribution is 2.56. The summed E-state index contributed by atoms with van der Waals surface area (Å²) in [4.78, 5) is 7.64. The highest BCUT2D eigenvalue weighted by molar-refractivity contribution is 5.48. The minimum atomic E-state index is 0.600. The molecule has 2 heterocycles. The zero-order chi connectivity index (χ0) is 12.1. The number of fused-ring (bicyclic) bond motifs is 1. The molecule has 1 N–H and O–H groups in total. The highest BCUT2D eigenvalue weighted by atomic mass is 16.5. The van der Waals surface area contributed by atoms with Gasteiger partial charge in [-0.15, -0.1) is 0 Å². The van der Waals surface area contributed by atoms with Crippen molar-refractivity contribution < 1.29 is 4.74 Å². The van der Waals surface area contributed by atoms with Crippen LogP contribution in [0.2, 0.25) is 0 Å². The third-order valence-corrected chi connectivity index (χ3v) is 4.19. The predicted molar refractivity (Wildman–Crippen MR) is 69.1 cm³/mol. The van der Waals surface area contributed by atoms with Gasteiger partial charge >= 0.3 is 0 Å². The van der Waals surface area contributed by atoms with Crippen LogP contribution in [0.25, 0.3) is 0 Å². The summed E-state index contributed by atoms with van der Waals surface area (Å²) in [7, 11) is 0. The van der Waals surface area contributed by atoms with Gasteiger partial charge in [-0.05, 0) is 30.9 Å². The van der Waals surface area contributed by atoms with Crippen LogP contribution in [0, 0.1) is 6.92 Å². The molecule has 4 rings (SSSR count). The summed E-state index contributed by atoms with van der Waals surface area (Å²) in [6.07, 6.45) is 4.09. The first-order chi connectivity index (χ1) is 8.84. The number of ether oxygens (including phenoxy) is 1. The van der Waals surface area contributed by atoms with Crippen molar-refractivity contribution in [3.8, 4) is 5.75 Å².